The van der Waals surface area contributed by atoms with Crippen LogP contribution in [0.3, 0.4) is 0 Å². The predicted molar refractivity (Wildman–Crippen MR) is 103 cm³/mol. The van der Waals surface area contributed by atoms with Gasteiger partial charge in [0.15, 0.2) is 0 Å². The summed E-state index contributed by atoms with van der Waals surface area (Å²) in [6.07, 6.45) is 0.765. The SMILES string of the molecule is Cc1cccc(C)c1NC(=O)CNC(=O)CCCNC(=O)c1ccsc1. The number of carbonyl (C=O) groups excluding carboxylic acids is 3. The number of carbonyl (C=O) groups is 3. The number of benzene rings is 1. The van der Waals surface area contributed by atoms with E-state index in [1.807, 2.05) is 37.4 Å². The van der Waals surface area contributed by atoms with Crippen molar-refractivity contribution in [3.8, 4) is 0 Å². The van der Waals surface area contributed by atoms with Crippen molar-refractivity contribution in [2.24, 2.45) is 0 Å². The summed E-state index contributed by atoms with van der Waals surface area (Å²) < 4.78 is 0. The molecule has 0 aliphatic rings. The number of rotatable bonds is 8. The highest BCUT2D eigenvalue weighted by Gasteiger charge is 2.09. The highest BCUT2D eigenvalue weighted by molar-refractivity contribution is 7.08. The number of thiophene rings is 1. The third-order valence-corrected chi connectivity index (χ3v) is 4.52. The number of anilines is 1. The third-order valence-electron chi connectivity index (χ3n) is 3.84. The number of hydrogen-bond donors (Lipinski definition) is 3. The first-order valence-corrected chi connectivity index (χ1v) is 9.35. The standard InChI is InChI=1S/C19H23N3O3S/c1-13-5-3-6-14(2)18(13)22-17(24)11-21-16(23)7-4-9-20-19(25)15-8-10-26-12-15/h3,5-6,8,10,12H,4,7,9,11H2,1-2H3,(H,20,25)(H,21,23)(H,22,24). The molecule has 6 nitrogen and oxygen atoms in total. The van der Waals surface area contributed by atoms with Gasteiger partial charge in [-0.25, -0.2) is 0 Å². The minimum Gasteiger partial charge on any atom is -0.352 e. The van der Waals surface area contributed by atoms with E-state index in [1.54, 1.807) is 11.4 Å². The molecule has 0 aliphatic heterocycles. The zero-order valence-corrected chi connectivity index (χ0v) is 15.7. The number of nitrogens with one attached hydrogen (secondary N) is 3. The normalized spacial score (nSPS) is 10.2. The summed E-state index contributed by atoms with van der Waals surface area (Å²) in [6.45, 7) is 4.18. The Hall–Kier alpha value is -2.67. The smallest absolute Gasteiger partial charge is 0.252 e. The van der Waals surface area contributed by atoms with E-state index in [1.165, 1.54) is 11.3 Å². The Balaban J connectivity index is 1.64. The van der Waals surface area contributed by atoms with Gasteiger partial charge in [-0.3, -0.25) is 14.4 Å². The van der Waals surface area contributed by atoms with Gasteiger partial charge in [0.05, 0.1) is 6.54 Å². The molecular weight excluding hydrogens is 350 g/mol. The van der Waals surface area contributed by atoms with E-state index in [0.29, 0.717) is 18.5 Å². The van der Waals surface area contributed by atoms with Gasteiger partial charge in [0.25, 0.3) is 5.91 Å². The molecule has 3 amide bonds. The van der Waals surface area contributed by atoms with E-state index in [9.17, 15) is 14.4 Å². The van der Waals surface area contributed by atoms with Crippen LogP contribution in [-0.4, -0.2) is 30.8 Å². The molecule has 0 atom stereocenters. The average molecular weight is 373 g/mol. The molecule has 0 radical (unpaired) electrons. The van der Waals surface area contributed by atoms with Gasteiger partial charge in [0.1, 0.15) is 0 Å². The topological polar surface area (TPSA) is 87.3 Å². The van der Waals surface area contributed by atoms with Crippen LogP contribution in [0.25, 0.3) is 0 Å². The van der Waals surface area contributed by atoms with E-state index < -0.39 is 0 Å². The van der Waals surface area contributed by atoms with Crippen LogP contribution >= 0.6 is 11.3 Å². The Bertz CT molecular complexity index is 752. The van der Waals surface area contributed by atoms with Gasteiger partial charge in [-0.1, -0.05) is 18.2 Å². The molecule has 1 aromatic carbocycles. The summed E-state index contributed by atoms with van der Waals surface area (Å²) in [5.74, 6) is -0.618. The highest BCUT2D eigenvalue weighted by atomic mass is 32.1. The molecule has 1 aromatic heterocycles. The van der Waals surface area contributed by atoms with Crippen molar-refractivity contribution >= 4 is 34.7 Å². The van der Waals surface area contributed by atoms with Crippen molar-refractivity contribution in [3.63, 3.8) is 0 Å². The van der Waals surface area contributed by atoms with Crippen molar-refractivity contribution < 1.29 is 14.4 Å². The van der Waals surface area contributed by atoms with Crippen LogP contribution in [-0.2, 0) is 9.59 Å². The summed E-state index contributed by atoms with van der Waals surface area (Å²) in [7, 11) is 0. The first-order valence-electron chi connectivity index (χ1n) is 8.40. The van der Waals surface area contributed by atoms with Crippen molar-refractivity contribution in [2.45, 2.75) is 26.7 Å². The molecule has 2 aromatic rings. The first-order chi connectivity index (χ1) is 12.5. The molecule has 0 bridgehead atoms. The number of amides is 3. The van der Waals surface area contributed by atoms with Gasteiger partial charge in [-0.2, -0.15) is 11.3 Å². The van der Waals surface area contributed by atoms with Crippen LogP contribution in [0.4, 0.5) is 5.69 Å². The van der Waals surface area contributed by atoms with Gasteiger partial charge in [-0.15, -0.1) is 0 Å². The summed E-state index contributed by atoms with van der Waals surface area (Å²) in [5, 5.41) is 11.8. The van der Waals surface area contributed by atoms with Gasteiger partial charge >= 0.3 is 0 Å². The van der Waals surface area contributed by atoms with E-state index >= 15 is 0 Å². The van der Waals surface area contributed by atoms with E-state index in [2.05, 4.69) is 16.0 Å². The van der Waals surface area contributed by atoms with E-state index in [4.69, 9.17) is 0 Å². The van der Waals surface area contributed by atoms with Gasteiger partial charge in [0, 0.05) is 29.6 Å². The van der Waals surface area contributed by atoms with Crippen molar-refractivity contribution in [2.75, 3.05) is 18.4 Å². The zero-order chi connectivity index (χ0) is 18.9. The van der Waals surface area contributed by atoms with Gasteiger partial charge in [-0.05, 0) is 42.8 Å². The Morgan fingerprint density at radius 1 is 1.00 bits per heavy atom. The average Bonchev–Trinajstić information content (AvgIpc) is 3.15. The van der Waals surface area contributed by atoms with Crippen LogP contribution in [0.2, 0.25) is 0 Å². The molecule has 26 heavy (non-hydrogen) atoms. The van der Waals surface area contributed by atoms with Gasteiger partial charge < -0.3 is 16.0 Å². The van der Waals surface area contributed by atoms with E-state index in [-0.39, 0.29) is 30.7 Å². The maximum Gasteiger partial charge on any atom is 0.252 e. The number of aryl methyl sites for hydroxylation is 2. The van der Waals surface area contributed by atoms with Crippen LogP contribution < -0.4 is 16.0 Å². The fraction of sp³-hybridized carbons (Fsp3) is 0.316. The summed E-state index contributed by atoms with van der Waals surface area (Å²) >= 11 is 1.46. The molecule has 0 aliphatic carbocycles. The highest BCUT2D eigenvalue weighted by Crippen LogP contribution is 2.18. The molecule has 0 saturated heterocycles. The van der Waals surface area contributed by atoms with Crippen molar-refractivity contribution in [3.05, 3.63) is 51.7 Å². The fourth-order valence-corrected chi connectivity index (χ4v) is 3.05. The summed E-state index contributed by atoms with van der Waals surface area (Å²) in [4.78, 5) is 35.5. The minimum atomic E-state index is -0.262. The first kappa shape index (κ1) is 19.7. The number of hydrogen-bond acceptors (Lipinski definition) is 4. The molecule has 0 spiro atoms. The summed E-state index contributed by atoms with van der Waals surface area (Å²) in [6, 6.07) is 7.53. The van der Waals surface area contributed by atoms with Crippen LogP contribution in [0, 0.1) is 13.8 Å². The summed E-state index contributed by atoms with van der Waals surface area (Å²) in [5.41, 5.74) is 3.36. The molecule has 0 fully saturated rings. The Labute approximate surface area is 157 Å². The Morgan fingerprint density at radius 2 is 1.73 bits per heavy atom. The maximum absolute atomic E-state index is 12.0. The van der Waals surface area contributed by atoms with Crippen molar-refractivity contribution in [1.29, 1.82) is 0 Å². The molecule has 0 saturated carbocycles. The lowest BCUT2D eigenvalue weighted by Gasteiger charge is -2.12. The largest absolute Gasteiger partial charge is 0.352 e. The molecule has 3 N–H and O–H groups in total. The lowest BCUT2D eigenvalue weighted by molar-refractivity contribution is -0.124. The van der Waals surface area contributed by atoms with E-state index in [0.717, 1.165) is 16.8 Å². The maximum atomic E-state index is 12.0. The second-order valence-corrected chi connectivity index (χ2v) is 6.74. The molecule has 7 heteroatoms. The minimum absolute atomic E-state index is 0.0755. The zero-order valence-electron chi connectivity index (χ0n) is 14.9. The molecule has 138 valence electrons. The van der Waals surface area contributed by atoms with Crippen LogP contribution in [0.1, 0.15) is 34.3 Å². The third kappa shape index (κ3) is 6.00. The lowest BCUT2D eigenvalue weighted by Crippen LogP contribution is -2.33. The fourth-order valence-electron chi connectivity index (χ4n) is 2.41. The van der Waals surface area contributed by atoms with Gasteiger partial charge in [0.2, 0.25) is 11.8 Å². The second kappa shape index (κ2) is 9.72. The van der Waals surface area contributed by atoms with Crippen molar-refractivity contribution in [1.82, 2.24) is 10.6 Å². The lowest BCUT2D eigenvalue weighted by atomic mass is 10.1. The molecule has 0 unspecified atom stereocenters. The molecule has 1 heterocycles. The second-order valence-electron chi connectivity index (χ2n) is 5.96. The molecule has 2 rings (SSSR count). The Kier molecular flexibility index (Phi) is 7.35. The van der Waals surface area contributed by atoms with Crippen LogP contribution in [0.15, 0.2) is 35.0 Å². The molecular formula is C19H23N3O3S. The monoisotopic (exact) mass is 373 g/mol. The predicted octanol–water partition coefficient (Wildman–Crippen LogP) is 2.63. The Morgan fingerprint density at radius 3 is 2.38 bits per heavy atom. The number of para-hydroxylation sites is 1. The quantitative estimate of drug-likeness (QED) is 0.622. The van der Waals surface area contributed by atoms with Crippen LogP contribution in [0.5, 0.6) is 0 Å².